The number of anilines is 1. The monoisotopic (exact) mass is 336 g/mol. The molecular formula is C13H18ClFN2O3S. The fourth-order valence-electron chi connectivity index (χ4n) is 2.50. The van der Waals surface area contributed by atoms with Gasteiger partial charge in [0.25, 0.3) is 0 Å². The van der Waals surface area contributed by atoms with Crippen LogP contribution in [0, 0.1) is 11.7 Å². The van der Waals surface area contributed by atoms with Crippen LogP contribution in [0.3, 0.4) is 0 Å². The molecule has 2 unspecified atom stereocenters. The smallest absolute Gasteiger partial charge is 0.243 e. The Labute approximate surface area is 128 Å². The predicted molar refractivity (Wildman–Crippen MR) is 79.0 cm³/mol. The topological polar surface area (TPSA) is 92.4 Å². The fourth-order valence-corrected chi connectivity index (χ4v) is 4.01. The first-order valence-corrected chi connectivity index (χ1v) is 8.59. The Bertz CT molecular complexity index is 624. The molecule has 118 valence electrons. The molecule has 0 aromatic heterocycles. The van der Waals surface area contributed by atoms with Crippen LogP contribution in [0.2, 0.25) is 5.02 Å². The van der Waals surface area contributed by atoms with Gasteiger partial charge < -0.3 is 10.8 Å². The van der Waals surface area contributed by atoms with Crippen molar-refractivity contribution < 1.29 is 17.9 Å². The second-order valence-corrected chi connectivity index (χ2v) is 7.42. The summed E-state index contributed by atoms with van der Waals surface area (Å²) in [4.78, 5) is -0.571. The summed E-state index contributed by atoms with van der Waals surface area (Å²) in [6.45, 7) is 0.0648. The third-order valence-corrected chi connectivity index (χ3v) is 5.41. The Morgan fingerprint density at radius 1 is 1.38 bits per heavy atom. The second kappa shape index (κ2) is 6.48. The molecule has 0 saturated heterocycles. The molecule has 1 aliphatic rings. The minimum Gasteiger partial charge on any atom is -0.399 e. The minimum absolute atomic E-state index is 0.0648. The molecule has 1 fully saturated rings. The zero-order valence-electron chi connectivity index (χ0n) is 11.4. The number of nitrogen functional groups attached to an aromatic ring is 1. The van der Waals surface area contributed by atoms with Crippen LogP contribution in [0.5, 0.6) is 0 Å². The van der Waals surface area contributed by atoms with E-state index in [1.54, 1.807) is 0 Å². The predicted octanol–water partition coefficient (Wildman–Crippen LogP) is 1.89. The van der Waals surface area contributed by atoms with E-state index < -0.39 is 26.8 Å². The van der Waals surface area contributed by atoms with Crippen molar-refractivity contribution in [1.29, 1.82) is 0 Å². The van der Waals surface area contributed by atoms with Gasteiger partial charge in [0, 0.05) is 12.2 Å². The van der Waals surface area contributed by atoms with E-state index in [0.29, 0.717) is 6.42 Å². The summed E-state index contributed by atoms with van der Waals surface area (Å²) < 4.78 is 40.5. The lowest BCUT2D eigenvalue weighted by molar-refractivity contribution is 0.0724. The first-order chi connectivity index (χ1) is 9.81. The molecule has 0 spiro atoms. The molecule has 1 saturated carbocycles. The molecule has 0 heterocycles. The zero-order chi connectivity index (χ0) is 15.6. The van der Waals surface area contributed by atoms with Crippen molar-refractivity contribution in [2.45, 2.75) is 36.7 Å². The van der Waals surface area contributed by atoms with Crippen LogP contribution in [-0.4, -0.2) is 26.2 Å². The normalized spacial score (nSPS) is 23.2. The standard InChI is InChI=1S/C13H18ClFN2O3S/c14-10-5-9(16)6-12(13(10)15)21(19,20)17-7-8-3-1-2-4-11(8)18/h5-6,8,11,17-18H,1-4,7,16H2. The molecule has 4 N–H and O–H groups in total. The highest BCUT2D eigenvalue weighted by Gasteiger charge is 2.27. The highest BCUT2D eigenvalue weighted by Crippen LogP contribution is 2.27. The molecular weight excluding hydrogens is 319 g/mol. The number of halogens is 2. The number of nitrogens with one attached hydrogen (secondary N) is 1. The van der Waals surface area contributed by atoms with E-state index in [1.165, 1.54) is 0 Å². The summed E-state index contributed by atoms with van der Waals surface area (Å²) in [6, 6.07) is 2.18. The van der Waals surface area contributed by atoms with Crippen LogP contribution in [0.25, 0.3) is 0 Å². The van der Waals surface area contributed by atoms with E-state index in [4.69, 9.17) is 17.3 Å². The number of benzene rings is 1. The molecule has 1 aliphatic carbocycles. The van der Waals surface area contributed by atoms with Crippen LogP contribution >= 0.6 is 11.6 Å². The van der Waals surface area contributed by atoms with Gasteiger partial charge in [0.05, 0.1) is 11.1 Å². The number of aliphatic hydroxyl groups excluding tert-OH is 1. The number of sulfonamides is 1. The summed E-state index contributed by atoms with van der Waals surface area (Å²) >= 11 is 5.61. The average Bonchev–Trinajstić information content (AvgIpc) is 2.42. The Morgan fingerprint density at radius 2 is 2.05 bits per heavy atom. The van der Waals surface area contributed by atoms with Crippen LogP contribution in [0.4, 0.5) is 10.1 Å². The molecule has 2 rings (SSSR count). The van der Waals surface area contributed by atoms with E-state index >= 15 is 0 Å². The van der Waals surface area contributed by atoms with Crippen LogP contribution < -0.4 is 10.5 Å². The van der Waals surface area contributed by atoms with Crippen LogP contribution in [0.15, 0.2) is 17.0 Å². The number of rotatable bonds is 4. The number of nitrogens with two attached hydrogens (primary N) is 1. The summed E-state index contributed by atoms with van der Waals surface area (Å²) in [6.07, 6.45) is 2.75. The summed E-state index contributed by atoms with van der Waals surface area (Å²) in [5, 5.41) is 9.49. The Balaban J connectivity index is 2.15. The first kappa shape index (κ1) is 16.5. The van der Waals surface area contributed by atoms with E-state index in [2.05, 4.69) is 4.72 Å². The maximum Gasteiger partial charge on any atom is 0.243 e. The maximum absolute atomic E-state index is 13.9. The van der Waals surface area contributed by atoms with Gasteiger partial charge in [-0.25, -0.2) is 17.5 Å². The SMILES string of the molecule is Nc1cc(Cl)c(F)c(S(=O)(=O)NCC2CCCCC2O)c1. The molecule has 5 nitrogen and oxygen atoms in total. The molecule has 1 aromatic rings. The van der Waals surface area contributed by atoms with Crippen molar-refractivity contribution in [2.75, 3.05) is 12.3 Å². The van der Waals surface area contributed by atoms with Gasteiger partial charge in [0.15, 0.2) is 5.82 Å². The largest absolute Gasteiger partial charge is 0.399 e. The molecule has 0 radical (unpaired) electrons. The highest BCUT2D eigenvalue weighted by atomic mass is 35.5. The zero-order valence-corrected chi connectivity index (χ0v) is 12.9. The molecule has 0 aliphatic heterocycles. The summed E-state index contributed by atoms with van der Waals surface area (Å²) in [5.74, 6) is -1.18. The molecule has 0 amide bonds. The van der Waals surface area contributed by atoms with E-state index in [9.17, 15) is 17.9 Å². The van der Waals surface area contributed by atoms with Gasteiger partial charge in [0.2, 0.25) is 10.0 Å². The maximum atomic E-state index is 13.9. The van der Waals surface area contributed by atoms with Gasteiger partial charge >= 0.3 is 0 Å². The average molecular weight is 337 g/mol. The lowest BCUT2D eigenvalue weighted by atomic mass is 9.87. The molecule has 2 atom stereocenters. The van der Waals surface area contributed by atoms with E-state index in [1.807, 2.05) is 0 Å². The Hall–Kier alpha value is -0.890. The summed E-state index contributed by atoms with van der Waals surface area (Å²) in [7, 11) is -4.06. The third-order valence-electron chi connectivity index (χ3n) is 3.71. The van der Waals surface area contributed by atoms with Gasteiger partial charge in [-0.05, 0) is 30.9 Å². The molecule has 0 bridgehead atoms. The molecule has 21 heavy (non-hydrogen) atoms. The van der Waals surface area contributed by atoms with Crippen LogP contribution in [0.1, 0.15) is 25.7 Å². The van der Waals surface area contributed by atoms with Crippen molar-refractivity contribution in [1.82, 2.24) is 4.72 Å². The van der Waals surface area contributed by atoms with Crippen molar-refractivity contribution in [3.63, 3.8) is 0 Å². The van der Waals surface area contributed by atoms with Crippen LogP contribution in [-0.2, 0) is 10.0 Å². The van der Waals surface area contributed by atoms with Gasteiger partial charge in [-0.15, -0.1) is 0 Å². The van der Waals surface area contributed by atoms with E-state index in [-0.39, 0.29) is 23.2 Å². The number of aliphatic hydroxyl groups is 1. The van der Waals surface area contributed by atoms with Gasteiger partial charge in [-0.3, -0.25) is 0 Å². The fraction of sp³-hybridized carbons (Fsp3) is 0.538. The highest BCUT2D eigenvalue weighted by molar-refractivity contribution is 7.89. The number of hydrogen-bond donors (Lipinski definition) is 3. The second-order valence-electron chi connectivity index (χ2n) is 5.28. The molecule has 8 heteroatoms. The lowest BCUT2D eigenvalue weighted by Gasteiger charge is -2.27. The van der Waals surface area contributed by atoms with Gasteiger partial charge in [-0.1, -0.05) is 24.4 Å². The van der Waals surface area contributed by atoms with Gasteiger partial charge in [-0.2, -0.15) is 0 Å². The van der Waals surface area contributed by atoms with Crippen molar-refractivity contribution in [3.8, 4) is 0 Å². The quantitative estimate of drug-likeness (QED) is 0.732. The molecule has 1 aromatic carbocycles. The Morgan fingerprint density at radius 3 is 2.71 bits per heavy atom. The summed E-state index contributed by atoms with van der Waals surface area (Å²) in [5.41, 5.74) is 5.57. The third kappa shape index (κ3) is 3.85. The first-order valence-electron chi connectivity index (χ1n) is 6.73. The van der Waals surface area contributed by atoms with E-state index in [0.717, 1.165) is 31.4 Å². The minimum atomic E-state index is -4.06. The van der Waals surface area contributed by atoms with Crippen molar-refractivity contribution >= 4 is 27.3 Å². The number of hydrogen-bond acceptors (Lipinski definition) is 4. The lowest BCUT2D eigenvalue weighted by Crippen LogP contribution is -2.37. The Kier molecular flexibility index (Phi) is 5.08. The van der Waals surface area contributed by atoms with Crippen molar-refractivity contribution in [3.05, 3.63) is 23.0 Å². The van der Waals surface area contributed by atoms with Crippen molar-refractivity contribution in [2.24, 2.45) is 5.92 Å². The van der Waals surface area contributed by atoms with Gasteiger partial charge in [0.1, 0.15) is 4.90 Å².